The number of carbonyl (C=O) groups is 1. The number of hydrogen-bond donors (Lipinski definition) is 1. The first kappa shape index (κ1) is 18.4. The van der Waals surface area contributed by atoms with Gasteiger partial charge in [0.1, 0.15) is 0 Å². The van der Waals surface area contributed by atoms with E-state index in [1.807, 2.05) is 7.05 Å². The van der Waals surface area contributed by atoms with Crippen LogP contribution in [0.15, 0.2) is 0 Å². The van der Waals surface area contributed by atoms with E-state index >= 15 is 0 Å². The second-order valence-electron chi connectivity index (χ2n) is 6.32. The van der Waals surface area contributed by atoms with Crippen molar-refractivity contribution in [2.45, 2.75) is 76.8 Å². The van der Waals surface area contributed by atoms with Crippen LogP contribution in [0.4, 0.5) is 0 Å². The van der Waals surface area contributed by atoms with Gasteiger partial charge in [-0.25, -0.2) is 0 Å². The topological polar surface area (TPSA) is 41.6 Å². The highest BCUT2D eigenvalue weighted by atomic mass is 16.5. The van der Waals surface area contributed by atoms with Crippen LogP contribution in [0.25, 0.3) is 0 Å². The van der Waals surface area contributed by atoms with Crippen molar-refractivity contribution >= 4 is 5.91 Å². The van der Waals surface area contributed by atoms with Crippen LogP contribution >= 0.6 is 0 Å². The minimum atomic E-state index is 0.0205. The number of amides is 1. The molecule has 1 aliphatic rings. The monoisotopic (exact) mass is 298 g/mol. The summed E-state index contributed by atoms with van der Waals surface area (Å²) in [7, 11) is 3.71. The highest BCUT2D eigenvalue weighted by molar-refractivity contribution is 5.78. The third-order valence-electron chi connectivity index (χ3n) is 5.07. The molecule has 1 N–H and O–H groups in total. The summed E-state index contributed by atoms with van der Waals surface area (Å²) in [6.07, 6.45) is 8.67. The normalized spacial score (nSPS) is 18.0. The molecule has 0 aromatic heterocycles. The molecule has 4 nitrogen and oxygen atoms in total. The Kier molecular flexibility index (Phi) is 8.27. The third kappa shape index (κ3) is 5.26. The van der Waals surface area contributed by atoms with Gasteiger partial charge in [-0.3, -0.25) is 4.79 Å². The van der Waals surface area contributed by atoms with Gasteiger partial charge in [0, 0.05) is 31.7 Å². The minimum Gasteiger partial charge on any atom is -0.383 e. The lowest BCUT2D eigenvalue weighted by Crippen LogP contribution is -2.51. The average molecular weight is 298 g/mol. The summed E-state index contributed by atoms with van der Waals surface area (Å²) in [5.74, 6) is 0.289. The molecule has 1 aliphatic carbocycles. The first-order chi connectivity index (χ1) is 10.1. The Morgan fingerprint density at radius 2 is 1.86 bits per heavy atom. The number of nitrogens with one attached hydrogen (secondary N) is 1. The largest absolute Gasteiger partial charge is 0.383 e. The Morgan fingerprint density at radius 1 is 1.24 bits per heavy atom. The lowest BCUT2D eigenvalue weighted by Gasteiger charge is -2.39. The van der Waals surface area contributed by atoms with E-state index < -0.39 is 0 Å². The van der Waals surface area contributed by atoms with Crippen LogP contribution in [0.5, 0.6) is 0 Å². The number of hydrogen-bond acceptors (Lipinski definition) is 3. The zero-order valence-corrected chi connectivity index (χ0v) is 14.4. The zero-order valence-electron chi connectivity index (χ0n) is 14.4. The van der Waals surface area contributed by atoms with Crippen molar-refractivity contribution in [3.05, 3.63) is 0 Å². The Hall–Kier alpha value is -0.610. The molecule has 1 fully saturated rings. The predicted octanol–water partition coefficient (Wildman–Crippen LogP) is 2.96. The van der Waals surface area contributed by atoms with Crippen molar-refractivity contribution in [2.24, 2.45) is 0 Å². The summed E-state index contributed by atoms with van der Waals surface area (Å²) in [5, 5.41) is 3.46. The summed E-state index contributed by atoms with van der Waals surface area (Å²) in [6, 6.07) is 0.338. The predicted molar refractivity (Wildman–Crippen MR) is 87.5 cm³/mol. The number of carbonyl (C=O) groups excluding carboxylic acids is 1. The average Bonchev–Trinajstić information content (AvgIpc) is 2.52. The van der Waals surface area contributed by atoms with Crippen LogP contribution in [0.1, 0.15) is 65.2 Å². The fourth-order valence-electron chi connectivity index (χ4n) is 3.56. The Balaban J connectivity index is 2.73. The molecule has 0 spiro atoms. The van der Waals surface area contributed by atoms with Gasteiger partial charge < -0.3 is 15.0 Å². The summed E-state index contributed by atoms with van der Waals surface area (Å²) in [4.78, 5) is 14.9. The van der Waals surface area contributed by atoms with E-state index in [1.165, 1.54) is 19.3 Å². The summed E-state index contributed by atoms with van der Waals surface area (Å²) < 4.78 is 5.19. The molecule has 0 atom stereocenters. The maximum atomic E-state index is 12.9. The van der Waals surface area contributed by atoms with Crippen molar-refractivity contribution < 1.29 is 9.53 Å². The van der Waals surface area contributed by atoms with Crippen LogP contribution in [0.3, 0.4) is 0 Å². The molecule has 0 bridgehead atoms. The van der Waals surface area contributed by atoms with Gasteiger partial charge in [0.15, 0.2) is 0 Å². The van der Waals surface area contributed by atoms with Gasteiger partial charge in [-0.05, 0) is 32.7 Å². The first-order valence-electron chi connectivity index (χ1n) is 8.59. The second kappa shape index (κ2) is 9.42. The van der Waals surface area contributed by atoms with Gasteiger partial charge in [0.05, 0.1) is 6.61 Å². The van der Waals surface area contributed by atoms with E-state index in [9.17, 15) is 4.79 Å². The molecule has 0 unspecified atom stereocenters. The number of ether oxygens (including phenoxy) is 1. The summed E-state index contributed by atoms with van der Waals surface area (Å²) in [5.41, 5.74) is 0.0205. The van der Waals surface area contributed by atoms with Crippen molar-refractivity contribution in [2.75, 3.05) is 27.3 Å². The molecular formula is C17H34N2O2. The molecule has 0 aromatic rings. The number of methoxy groups -OCH3 is 1. The van der Waals surface area contributed by atoms with E-state index in [0.717, 1.165) is 25.7 Å². The van der Waals surface area contributed by atoms with Gasteiger partial charge in [-0.1, -0.05) is 33.1 Å². The molecule has 1 saturated carbocycles. The molecular weight excluding hydrogens is 264 g/mol. The lowest BCUT2D eigenvalue weighted by molar-refractivity contribution is -0.136. The quantitative estimate of drug-likeness (QED) is 0.711. The minimum absolute atomic E-state index is 0.0205. The lowest BCUT2D eigenvalue weighted by atomic mass is 9.79. The fourth-order valence-corrected chi connectivity index (χ4v) is 3.56. The number of nitrogens with zero attached hydrogens (tertiary/aromatic N) is 1. The van der Waals surface area contributed by atoms with Gasteiger partial charge in [-0.2, -0.15) is 0 Å². The highest BCUT2D eigenvalue weighted by Crippen LogP contribution is 2.31. The van der Waals surface area contributed by atoms with Crippen LogP contribution in [0.2, 0.25) is 0 Å². The Labute approximate surface area is 130 Å². The molecule has 124 valence electrons. The fraction of sp³-hybridized carbons (Fsp3) is 0.941. The van der Waals surface area contributed by atoms with Gasteiger partial charge >= 0.3 is 0 Å². The smallest absolute Gasteiger partial charge is 0.224 e. The molecule has 0 aromatic carbocycles. The van der Waals surface area contributed by atoms with E-state index in [0.29, 0.717) is 25.6 Å². The maximum Gasteiger partial charge on any atom is 0.224 e. The van der Waals surface area contributed by atoms with Crippen molar-refractivity contribution in [1.82, 2.24) is 10.2 Å². The van der Waals surface area contributed by atoms with Crippen LogP contribution in [0, 0.1) is 0 Å². The van der Waals surface area contributed by atoms with Crippen LogP contribution in [-0.4, -0.2) is 49.7 Å². The van der Waals surface area contributed by atoms with Crippen LogP contribution < -0.4 is 5.32 Å². The standard InChI is InChI=1S/C17H34N2O2/c1-5-15(6-2)19(12-13-21-4)16(20)14-17(18-3)10-8-7-9-11-17/h15,18H,5-14H2,1-4H3. The van der Waals surface area contributed by atoms with E-state index in [4.69, 9.17) is 4.74 Å². The molecule has 4 heteroatoms. The van der Waals surface area contributed by atoms with E-state index in [2.05, 4.69) is 24.1 Å². The number of rotatable bonds is 9. The Bertz CT molecular complexity index is 297. The van der Waals surface area contributed by atoms with E-state index in [-0.39, 0.29) is 11.4 Å². The Morgan fingerprint density at radius 3 is 2.33 bits per heavy atom. The molecule has 1 amide bonds. The molecule has 0 aliphatic heterocycles. The molecule has 0 heterocycles. The van der Waals surface area contributed by atoms with Crippen molar-refractivity contribution in [3.8, 4) is 0 Å². The molecule has 21 heavy (non-hydrogen) atoms. The van der Waals surface area contributed by atoms with Crippen LogP contribution in [-0.2, 0) is 9.53 Å². The zero-order chi connectivity index (χ0) is 15.7. The second-order valence-corrected chi connectivity index (χ2v) is 6.32. The molecule has 0 saturated heterocycles. The van der Waals surface area contributed by atoms with Gasteiger partial charge in [0.2, 0.25) is 5.91 Å². The SMILES string of the molecule is CCC(CC)N(CCOC)C(=O)CC1(NC)CCCCC1. The molecule has 0 radical (unpaired) electrons. The highest BCUT2D eigenvalue weighted by Gasteiger charge is 2.35. The van der Waals surface area contributed by atoms with Gasteiger partial charge in [-0.15, -0.1) is 0 Å². The maximum absolute atomic E-state index is 12.9. The molecule has 1 rings (SSSR count). The third-order valence-corrected chi connectivity index (χ3v) is 5.07. The van der Waals surface area contributed by atoms with Gasteiger partial charge in [0.25, 0.3) is 0 Å². The summed E-state index contributed by atoms with van der Waals surface area (Å²) >= 11 is 0. The summed E-state index contributed by atoms with van der Waals surface area (Å²) in [6.45, 7) is 5.65. The van der Waals surface area contributed by atoms with Crippen molar-refractivity contribution in [3.63, 3.8) is 0 Å². The van der Waals surface area contributed by atoms with E-state index in [1.54, 1.807) is 7.11 Å². The van der Waals surface area contributed by atoms with Crippen molar-refractivity contribution in [1.29, 1.82) is 0 Å². The first-order valence-corrected chi connectivity index (χ1v) is 8.59.